The topological polar surface area (TPSA) is 96.4 Å². The highest BCUT2D eigenvalue weighted by Gasteiger charge is 2.17. The van der Waals surface area contributed by atoms with Gasteiger partial charge in [0.05, 0.1) is 4.90 Å². The third-order valence-electron chi connectivity index (χ3n) is 2.63. The molecule has 0 saturated heterocycles. The maximum Gasteiger partial charge on any atom is 0.326 e. The Labute approximate surface area is 112 Å². The summed E-state index contributed by atoms with van der Waals surface area (Å²) in [6.07, 6.45) is 4.52. The smallest absolute Gasteiger partial charge is 0.326 e. The minimum atomic E-state index is -3.29. The summed E-state index contributed by atoms with van der Waals surface area (Å²) in [5.74, 6) is -0.585. The van der Waals surface area contributed by atoms with E-state index < -0.39 is 21.8 Å². The fourth-order valence-electron chi connectivity index (χ4n) is 1.53. The largest absolute Gasteiger partial charge is 0.480 e. The summed E-state index contributed by atoms with van der Waals surface area (Å²) in [6.45, 7) is 1.98. The van der Waals surface area contributed by atoms with E-state index in [1.54, 1.807) is 0 Å². The minimum absolute atomic E-state index is 0.110. The highest BCUT2D eigenvalue weighted by atomic mass is 32.2. The van der Waals surface area contributed by atoms with Crippen molar-refractivity contribution in [2.45, 2.75) is 37.1 Å². The molecule has 1 heterocycles. The fourth-order valence-corrected chi connectivity index (χ4v) is 2.09. The zero-order chi connectivity index (χ0) is 14.5. The Morgan fingerprint density at radius 1 is 1.47 bits per heavy atom. The second-order valence-electron chi connectivity index (χ2n) is 4.33. The first-order valence-electron chi connectivity index (χ1n) is 6.00. The van der Waals surface area contributed by atoms with Crippen LogP contribution in [0.5, 0.6) is 0 Å². The Balaban J connectivity index is 2.78. The predicted molar refractivity (Wildman–Crippen MR) is 71.9 cm³/mol. The summed E-state index contributed by atoms with van der Waals surface area (Å²) in [6, 6.07) is 2.17. The molecule has 0 amide bonds. The first-order valence-corrected chi connectivity index (χ1v) is 7.89. The number of carbonyl (C=O) groups is 1. The number of rotatable bonds is 7. The molecule has 0 bridgehead atoms. The number of hydrogen-bond acceptors (Lipinski definition) is 5. The van der Waals surface area contributed by atoms with Gasteiger partial charge in [-0.1, -0.05) is 19.8 Å². The maximum atomic E-state index is 11.3. The summed E-state index contributed by atoms with van der Waals surface area (Å²) < 4.78 is 22.5. The Hall–Kier alpha value is -1.63. The Morgan fingerprint density at radius 2 is 2.16 bits per heavy atom. The molecule has 6 nitrogen and oxygen atoms in total. The average Bonchev–Trinajstić information content (AvgIpc) is 2.33. The van der Waals surface area contributed by atoms with Crippen LogP contribution in [0, 0.1) is 0 Å². The van der Waals surface area contributed by atoms with E-state index in [0.717, 1.165) is 19.1 Å². The Morgan fingerprint density at radius 3 is 2.58 bits per heavy atom. The summed E-state index contributed by atoms with van der Waals surface area (Å²) in [7, 11) is -3.29. The maximum absolute atomic E-state index is 11.3. The highest BCUT2D eigenvalue weighted by Crippen LogP contribution is 2.13. The van der Waals surface area contributed by atoms with Gasteiger partial charge in [0.1, 0.15) is 11.9 Å². The summed E-state index contributed by atoms with van der Waals surface area (Å²) >= 11 is 0. The normalized spacial score (nSPS) is 12.9. The van der Waals surface area contributed by atoms with Crippen LogP contribution in [0.4, 0.5) is 5.82 Å². The van der Waals surface area contributed by atoms with E-state index in [1.807, 2.05) is 6.92 Å². The number of pyridine rings is 1. The van der Waals surface area contributed by atoms with Crippen molar-refractivity contribution >= 4 is 21.6 Å². The van der Waals surface area contributed by atoms with Gasteiger partial charge < -0.3 is 10.4 Å². The standard InChI is InChI=1S/C12H18N2O4S/c1-3-4-5-10(12(15)16)14-11-7-6-9(8-13-11)19(2,17)18/h6-8,10H,3-5H2,1-2H3,(H,13,14)(H,15,16). The monoisotopic (exact) mass is 286 g/mol. The van der Waals surface area contributed by atoms with Crippen molar-refractivity contribution in [3.05, 3.63) is 18.3 Å². The van der Waals surface area contributed by atoms with Crippen molar-refractivity contribution in [3.8, 4) is 0 Å². The van der Waals surface area contributed by atoms with E-state index in [9.17, 15) is 13.2 Å². The third kappa shape index (κ3) is 4.86. The lowest BCUT2D eigenvalue weighted by atomic mass is 10.1. The van der Waals surface area contributed by atoms with Gasteiger partial charge in [0, 0.05) is 12.5 Å². The van der Waals surface area contributed by atoms with Crippen LogP contribution in [0.3, 0.4) is 0 Å². The van der Waals surface area contributed by atoms with Crippen LogP contribution in [-0.2, 0) is 14.6 Å². The lowest BCUT2D eigenvalue weighted by Gasteiger charge is -2.14. The van der Waals surface area contributed by atoms with Gasteiger partial charge in [-0.3, -0.25) is 0 Å². The molecule has 0 aliphatic carbocycles. The zero-order valence-corrected chi connectivity index (χ0v) is 11.8. The quantitative estimate of drug-likeness (QED) is 0.789. The number of unbranched alkanes of at least 4 members (excludes halogenated alkanes) is 1. The molecule has 0 saturated carbocycles. The molecule has 2 N–H and O–H groups in total. The molecule has 0 radical (unpaired) electrons. The van der Waals surface area contributed by atoms with Gasteiger partial charge in [-0.15, -0.1) is 0 Å². The van der Waals surface area contributed by atoms with Crippen LogP contribution in [0.2, 0.25) is 0 Å². The van der Waals surface area contributed by atoms with Gasteiger partial charge in [0.2, 0.25) is 0 Å². The Kier molecular flexibility index (Phi) is 5.29. The van der Waals surface area contributed by atoms with Gasteiger partial charge in [-0.25, -0.2) is 18.2 Å². The number of aromatic nitrogens is 1. The van der Waals surface area contributed by atoms with Crippen LogP contribution in [0.25, 0.3) is 0 Å². The molecular formula is C12H18N2O4S. The molecule has 1 rings (SSSR count). The molecule has 1 atom stereocenters. The molecule has 0 aliphatic rings. The SMILES string of the molecule is CCCCC(Nc1ccc(S(C)(=O)=O)cn1)C(=O)O. The van der Waals surface area contributed by atoms with Crippen molar-refractivity contribution in [2.24, 2.45) is 0 Å². The first-order chi connectivity index (χ1) is 8.84. The zero-order valence-electron chi connectivity index (χ0n) is 11.0. The fraction of sp³-hybridized carbons (Fsp3) is 0.500. The van der Waals surface area contributed by atoms with Gasteiger partial charge in [-0.05, 0) is 18.6 Å². The second-order valence-corrected chi connectivity index (χ2v) is 6.34. The molecule has 1 aromatic rings. The highest BCUT2D eigenvalue weighted by molar-refractivity contribution is 7.90. The summed E-state index contributed by atoms with van der Waals surface area (Å²) in [4.78, 5) is 15.1. The number of hydrogen-bond donors (Lipinski definition) is 2. The van der Waals surface area contributed by atoms with Crippen molar-refractivity contribution < 1.29 is 18.3 Å². The molecule has 0 aliphatic heterocycles. The number of sulfone groups is 1. The Bertz CT molecular complexity index is 525. The van der Waals surface area contributed by atoms with Crippen molar-refractivity contribution in [1.82, 2.24) is 4.98 Å². The molecule has 0 aromatic carbocycles. The van der Waals surface area contributed by atoms with Gasteiger partial charge in [-0.2, -0.15) is 0 Å². The number of anilines is 1. The lowest BCUT2D eigenvalue weighted by molar-refractivity contribution is -0.138. The van der Waals surface area contributed by atoms with Gasteiger partial charge >= 0.3 is 5.97 Å². The lowest BCUT2D eigenvalue weighted by Crippen LogP contribution is -2.29. The molecule has 106 valence electrons. The molecule has 7 heteroatoms. The van der Waals surface area contributed by atoms with Crippen molar-refractivity contribution in [1.29, 1.82) is 0 Å². The van der Waals surface area contributed by atoms with Gasteiger partial charge in [0.15, 0.2) is 9.84 Å². The minimum Gasteiger partial charge on any atom is -0.480 e. The summed E-state index contributed by atoms with van der Waals surface area (Å²) in [5.41, 5.74) is 0. The van der Waals surface area contributed by atoms with Gasteiger partial charge in [0.25, 0.3) is 0 Å². The molecule has 0 spiro atoms. The molecule has 0 fully saturated rings. The third-order valence-corrected chi connectivity index (χ3v) is 3.73. The number of carboxylic acids is 1. The average molecular weight is 286 g/mol. The van der Waals surface area contributed by atoms with E-state index >= 15 is 0 Å². The van der Waals surface area contributed by atoms with Crippen molar-refractivity contribution in [3.63, 3.8) is 0 Å². The molecular weight excluding hydrogens is 268 g/mol. The predicted octanol–water partition coefficient (Wildman–Crippen LogP) is 1.54. The van der Waals surface area contributed by atoms with Crippen LogP contribution < -0.4 is 5.32 Å². The number of nitrogens with one attached hydrogen (secondary N) is 1. The van der Waals surface area contributed by atoms with E-state index in [0.29, 0.717) is 12.2 Å². The van der Waals surface area contributed by atoms with E-state index in [-0.39, 0.29) is 4.90 Å². The van der Waals surface area contributed by atoms with E-state index in [1.165, 1.54) is 18.3 Å². The number of aliphatic carboxylic acids is 1. The van der Waals surface area contributed by atoms with E-state index in [4.69, 9.17) is 5.11 Å². The molecule has 19 heavy (non-hydrogen) atoms. The van der Waals surface area contributed by atoms with Crippen LogP contribution >= 0.6 is 0 Å². The molecule has 1 aromatic heterocycles. The second kappa shape index (κ2) is 6.51. The van der Waals surface area contributed by atoms with Crippen LogP contribution in [0.15, 0.2) is 23.2 Å². The van der Waals surface area contributed by atoms with Crippen LogP contribution in [-0.4, -0.2) is 36.8 Å². The number of nitrogens with zero attached hydrogens (tertiary/aromatic N) is 1. The first kappa shape index (κ1) is 15.4. The van der Waals surface area contributed by atoms with E-state index in [2.05, 4.69) is 10.3 Å². The van der Waals surface area contributed by atoms with Crippen LogP contribution in [0.1, 0.15) is 26.2 Å². The molecule has 1 unspecified atom stereocenters. The number of carboxylic acid groups (broad SMARTS) is 1. The van der Waals surface area contributed by atoms with Crippen molar-refractivity contribution in [2.75, 3.05) is 11.6 Å². The summed E-state index contributed by atoms with van der Waals surface area (Å²) in [5, 5.41) is 11.8.